The van der Waals surface area contributed by atoms with Gasteiger partial charge in [-0.25, -0.2) is 0 Å². The van der Waals surface area contributed by atoms with Gasteiger partial charge in [-0.3, -0.25) is 9.78 Å². The highest BCUT2D eigenvalue weighted by Gasteiger charge is 2.38. The van der Waals surface area contributed by atoms with Crippen molar-refractivity contribution in [3.8, 4) is 0 Å². The van der Waals surface area contributed by atoms with Crippen LogP contribution in [0.4, 0.5) is 0 Å². The van der Waals surface area contributed by atoms with Crippen LogP contribution in [-0.2, 0) is 20.7 Å². The molecule has 1 aliphatic carbocycles. The van der Waals surface area contributed by atoms with Crippen molar-refractivity contribution in [2.24, 2.45) is 5.92 Å². The number of amides is 1. The van der Waals surface area contributed by atoms with Gasteiger partial charge in [0.25, 0.3) is 0 Å². The van der Waals surface area contributed by atoms with E-state index >= 15 is 0 Å². The Morgan fingerprint density at radius 1 is 1.32 bits per heavy atom. The summed E-state index contributed by atoms with van der Waals surface area (Å²) in [5, 5.41) is 0. The number of methoxy groups -OCH3 is 1. The Hall–Kier alpha value is -1.46. The number of ether oxygens (including phenoxy) is 2. The maximum absolute atomic E-state index is 12.3. The highest BCUT2D eigenvalue weighted by atomic mass is 16.5. The Balaban J connectivity index is 1.67. The largest absolute Gasteiger partial charge is 0.376 e. The SMILES string of the molecule is COCC(=O)N1CC[C@@H](OCC2CC2)[C@@H]1Cc1ccncc1. The Morgan fingerprint density at radius 3 is 2.77 bits per heavy atom. The van der Waals surface area contributed by atoms with Gasteiger partial charge in [0.15, 0.2) is 0 Å². The summed E-state index contributed by atoms with van der Waals surface area (Å²) >= 11 is 0. The number of aromatic nitrogens is 1. The van der Waals surface area contributed by atoms with Crippen molar-refractivity contribution in [2.45, 2.75) is 37.8 Å². The molecule has 0 unspecified atom stereocenters. The summed E-state index contributed by atoms with van der Waals surface area (Å²) < 4.78 is 11.1. The molecule has 1 aromatic rings. The predicted molar refractivity (Wildman–Crippen MR) is 82.4 cm³/mol. The van der Waals surface area contributed by atoms with Gasteiger partial charge < -0.3 is 14.4 Å². The summed E-state index contributed by atoms with van der Waals surface area (Å²) in [5.41, 5.74) is 1.19. The van der Waals surface area contributed by atoms with E-state index in [2.05, 4.69) is 4.98 Å². The molecule has 1 amide bonds. The van der Waals surface area contributed by atoms with Gasteiger partial charge in [0.2, 0.25) is 5.91 Å². The molecule has 120 valence electrons. The molecule has 0 N–H and O–H groups in total. The second-order valence-electron chi connectivity index (χ2n) is 6.25. The van der Waals surface area contributed by atoms with Gasteiger partial charge in [-0.1, -0.05) is 0 Å². The number of likely N-dealkylation sites (tertiary alicyclic amines) is 1. The fourth-order valence-corrected chi connectivity index (χ4v) is 3.08. The fourth-order valence-electron chi connectivity index (χ4n) is 3.08. The van der Waals surface area contributed by atoms with Gasteiger partial charge in [0.05, 0.1) is 12.1 Å². The molecule has 0 aromatic carbocycles. The lowest BCUT2D eigenvalue weighted by molar-refractivity contribution is -0.137. The van der Waals surface area contributed by atoms with Crippen LogP contribution in [0.25, 0.3) is 0 Å². The molecule has 3 rings (SSSR count). The zero-order valence-electron chi connectivity index (χ0n) is 13.1. The van der Waals surface area contributed by atoms with Gasteiger partial charge in [-0.15, -0.1) is 0 Å². The van der Waals surface area contributed by atoms with Crippen molar-refractivity contribution in [2.75, 3.05) is 26.9 Å². The van der Waals surface area contributed by atoms with E-state index in [1.807, 2.05) is 17.0 Å². The Kier molecular flexibility index (Phi) is 5.05. The lowest BCUT2D eigenvalue weighted by Crippen LogP contribution is -2.43. The summed E-state index contributed by atoms with van der Waals surface area (Å²) in [6.07, 6.45) is 8.03. The topological polar surface area (TPSA) is 51.7 Å². The second-order valence-corrected chi connectivity index (χ2v) is 6.25. The van der Waals surface area contributed by atoms with E-state index in [1.165, 1.54) is 18.4 Å². The number of hydrogen-bond donors (Lipinski definition) is 0. The monoisotopic (exact) mass is 304 g/mol. The van der Waals surface area contributed by atoms with Crippen molar-refractivity contribution < 1.29 is 14.3 Å². The van der Waals surface area contributed by atoms with Crippen molar-refractivity contribution in [1.82, 2.24) is 9.88 Å². The molecular formula is C17H24N2O3. The highest BCUT2D eigenvalue weighted by molar-refractivity contribution is 5.78. The first-order chi connectivity index (χ1) is 10.8. The summed E-state index contributed by atoms with van der Waals surface area (Å²) in [6.45, 7) is 1.74. The number of hydrogen-bond acceptors (Lipinski definition) is 4. The zero-order chi connectivity index (χ0) is 15.4. The molecule has 1 aliphatic heterocycles. The molecule has 2 aliphatic rings. The van der Waals surface area contributed by atoms with E-state index in [4.69, 9.17) is 9.47 Å². The zero-order valence-corrected chi connectivity index (χ0v) is 13.1. The first-order valence-electron chi connectivity index (χ1n) is 8.07. The summed E-state index contributed by atoms with van der Waals surface area (Å²) in [4.78, 5) is 18.3. The van der Waals surface area contributed by atoms with Gasteiger partial charge in [0.1, 0.15) is 6.61 Å². The van der Waals surface area contributed by atoms with Crippen LogP contribution in [0, 0.1) is 5.92 Å². The number of pyridine rings is 1. The molecule has 0 radical (unpaired) electrons. The van der Waals surface area contributed by atoms with E-state index in [0.717, 1.165) is 31.9 Å². The van der Waals surface area contributed by atoms with Crippen LogP contribution in [0.1, 0.15) is 24.8 Å². The van der Waals surface area contributed by atoms with Crippen molar-refractivity contribution in [3.05, 3.63) is 30.1 Å². The van der Waals surface area contributed by atoms with E-state index in [1.54, 1.807) is 19.5 Å². The quantitative estimate of drug-likeness (QED) is 0.769. The summed E-state index contributed by atoms with van der Waals surface area (Å²) in [6, 6.07) is 4.12. The van der Waals surface area contributed by atoms with Crippen molar-refractivity contribution in [1.29, 1.82) is 0 Å². The summed E-state index contributed by atoms with van der Waals surface area (Å²) in [5.74, 6) is 0.796. The molecule has 5 nitrogen and oxygen atoms in total. The highest BCUT2D eigenvalue weighted by Crippen LogP contribution is 2.31. The third kappa shape index (κ3) is 3.84. The van der Waals surface area contributed by atoms with Gasteiger partial charge in [-0.2, -0.15) is 0 Å². The average Bonchev–Trinajstić information content (AvgIpc) is 3.28. The van der Waals surface area contributed by atoms with Crippen molar-refractivity contribution >= 4 is 5.91 Å². The normalized spacial score (nSPS) is 24.7. The molecule has 0 spiro atoms. The van der Waals surface area contributed by atoms with E-state index < -0.39 is 0 Å². The van der Waals surface area contributed by atoms with E-state index in [0.29, 0.717) is 0 Å². The number of carbonyl (C=O) groups is 1. The van der Waals surface area contributed by atoms with Gasteiger partial charge in [-0.05, 0) is 49.3 Å². The fraction of sp³-hybridized carbons (Fsp3) is 0.647. The minimum Gasteiger partial charge on any atom is -0.376 e. The Labute approximate surface area is 131 Å². The summed E-state index contributed by atoms with van der Waals surface area (Å²) in [7, 11) is 1.56. The Bertz CT molecular complexity index is 490. The van der Waals surface area contributed by atoms with Crippen LogP contribution in [0.2, 0.25) is 0 Å². The number of rotatable bonds is 7. The molecule has 2 heterocycles. The molecule has 2 fully saturated rings. The number of carbonyl (C=O) groups excluding carboxylic acids is 1. The van der Waals surface area contributed by atoms with Crippen LogP contribution in [0.3, 0.4) is 0 Å². The third-order valence-electron chi connectivity index (χ3n) is 4.51. The smallest absolute Gasteiger partial charge is 0.248 e. The molecule has 2 atom stereocenters. The molecular weight excluding hydrogens is 280 g/mol. The maximum Gasteiger partial charge on any atom is 0.248 e. The maximum atomic E-state index is 12.3. The predicted octanol–water partition coefficient (Wildman–Crippen LogP) is 1.67. The molecule has 22 heavy (non-hydrogen) atoms. The third-order valence-corrected chi connectivity index (χ3v) is 4.51. The molecule has 0 bridgehead atoms. The lowest BCUT2D eigenvalue weighted by Gasteiger charge is -2.28. The first kappa shape index (κ1) is 15.4. The lowest BCUT2D eigenvalue weighted by atomic mass is 10.0. The van der Waals surface area contributed by atoms with Crippen molar-refractivity contribution in [3.63, 3.8) is 0 Å². The van der Waals surface area contributed by atoms with E-state index in [-0.39, 0.29) is 24.7 Å². The minimum atomic E-state index is 0.0547. The van der Waals surface area contributed by atoms with Crippen LogP contribution >= 0.6 is 0 Å². The number of nitrogens with zero attached hydrogens (tertiary/aromatic N) is 2. The van der Waals surface area contributed by atoms with Crippen LogP contribution in [0.15, 0.2) is 24.5 Å². The molecule has 1 saturated carbocycles. The van der Waals surface area contributed by atoms with E-state index in [9.17, 15) is 4.79 Å². The first-order valence-corrected chi connectivity index (χ1v) is 8.07. The second kappa shape index (κ2) is 7.20. The molecule has 1 aromatic heterocycles. The van der Waals surface area contributed by atoms with Crippen LogP contribution in [-0.4, -0.2) is 54.8 Å². The van der Waals surface area contributed by atoms with Gasteiger partial charge >= 0.3 is 0 Å². The van der Waals surface area contributed by atoms with Crippen LogP contribution < -0.4 is 0 Å². The van der Waals surface area contributed by atoms with Gasteiger partial charge in [0, 0.05) is 32.7 Å². The minimum absolute atomic E-state index is 0.0547. The standard InChI is InChI=1S/C17H24N2O3/c1-21-12-17(20)19-9-6-16(22-11-14-2-3-14)15(19)10-13-4-7-18-8-5-13/h4-5,7-8,14-16H,2-3,6,9-12H2,1H3/t15-,16+/m0/s1. The molecule has 1 saturated heterocycles. The van der Waals surface area contributed by atoms with Crippen LogP contribution in [0.5, 0.6) is 0 Å². The Morgan fingerprint density at radius 2 is 2.09 bits per heavy atom. The average molecular weight is 304 g/mol. The molecule has 5 heteroatoms.